The van der Waals surface area contributed by atoms with Gasteiger partial charge in [-0.1, -0.05) is 55.8 Å². The summed E-state index contributed by atoms with van der Waals surface area (Å²) in [6, 6.07) is 20.0. The zero-order valence-corrected chi connectivity index (χ0v) is 15.1. The predicted octanol–water partition coefficient (Wildman–Crippen LogP) is 6.21. The van der Waals surface area contributed by atoms with Gasteiger partial charge in [-0.15, -0.1) is 0 Å². The molecule has 3 aromatic carbocycles. The van der Waals surface area contributed by atoms with E-state index in [1.54, 1.807) is 6.07 Å². The van der Waals surface area contributed by atoms with Gasteiger partial charge < -0.3 is 4.90 Å². The quantitative estimate of drug-likeness (QED) is 0.540. The monoisotopic (exact) mass is 331 g/mol. The molecule has 0 heterocycles. The van der Waals surface area contributed by atoms with Crippen molar-refractivity contribution in [2.45, 2.75) is 26.2 Å². The van der Waals surface area contributed by atoms with Gasteiger partial charge in [0, 0.05) is 18.2 Å². The Balaban J connectivity index is 1.84. The van der Waals surface area contributed by atoms with Crippen molar-refractivity contribution in [2.24, 2.45) is 0 Å². The molecule has 0 fully saturated rings. The van der Waals surface area contributed by atoms with Gasteiger partial charge >= 0.3 is 0 Å². The second kappa shape index (κ2) is 5.45. The van der Waals surface area contributed by atoms with Crippen LogP contribution in [-0.4, -0.2) is 7.05 Å². The Bertz CT molecular complexity index is 972. The number of halogens is 1. The van der Waals surface area contributed by atoms with Crippen LogP contribution >= 0.6 is 0 Å². The van der Waals surface area contributed by atoms with Crippen molar-refractivity contribution in [3.8, 4) is 11.1 Å². The van der Waals surface area contributed by atoms with E-state index in [2.05, 4.69) is 57.2 Å². The van der Waals surface area contributed by atoms with Gasteiger partial charge in [-0.25, -0.2) is 4.39 Å². The summed E-state index contributed by atoms with van der Waals surface area (Å²) in [4.78, 5) is 1.92. The first kappa shape index (κ1) is 15.9. The Morgan fingerprint density at radius 1 is 0.840 bits per heavy atom. The first-order chi connectivity index (χ1) is 11.9. The van der Waals surface area contributed by atoms with Gasteiger partial charge in [-0.3, -0.25) is 0 Å². The molecule has 0 amide bonds. The van der Waals surface area contributed by atoms with E-state index in [4.69, 9.17) is 0 Å². The fourth-order valence-electron chi connectivity index (χ4n) is 3.91. The number of para-hydroxylation sites is 1. The zero-order valence-electron chi connectivity index (χ0n) is 15.1. The van der Waals surface area contributed by atoms with E-state index >= 15 is 0 Å². The molecule has 126 valence electrons. The summed E-state index contributed by atoms with van der Waals surface area (Å²) in [5.74, 6) is -0.205. The molecule has 0 radical (unpaired) electrons. The van der Waals surface area contributed by atoms with E-state index in [0.717, 1.165) is 5.69 Å². The maximum absolute atomic E-state index is 14.2. The smallest absolute Gasteiger partial charge is 0.146 e. The summed E-state index contributed by atoms with van der Waals surface area (Å²) in [7, 11) is 1.92. The minimum absolute atomic E-state index is 0.0528. The zero-order chi connectivity index (χ0) is 17.8. The van der Waals surface area contributed by atoms with E-state index in [1.165, 1.54) is 33.9 Å². The Morgan fingerprint density at radius 3 is 2.20 bits per heavy atom. The molecule has 0 N–H and O–H groups in total. The van der Waals surface area contributed by atoms with E-state index in [0.29, 0.717) is 5.69 Å². The third-order valence-electron chi connectivity index (χ3n) is 5.42. The van der Waals surface area contributed by atoms with Crippen molar-refractivity contribution in [3.63, 3.8) is 0 Å². The molecule has 25 heavy (non-hydrogen) atoms. The van der Waals surface area contributed by atoms with Crippen LogP contribution in [0.1, 0.15) is 30.5 Å². The van der Waals surface area contributed by atoms with Crippen LogP contribution in [0.2, 0.25) is 0 Å². The standard InChI is InChI=1S/C23H22FN/c1-15-9-11-17-18-12-10-16(14-20(18)23(2,3)19(17)13-15)25(4)22-8-6-5-7-21(22)24/h5-14H,1-4H3. The molecule has 0 unspecified atom stereocenters. The molecule has 0 saturated carbocycles. The van der Waals surface area contributed by atoms with Crippen LogP contribution < -0.4 is 4.90 Å². The SMILES string of the molecule is Cc1ccc2c(c1)C(C)(C)c1cc(N(C)c3ccccc3F)ccc1-2. The number of fused-ring (bicyclic) bond motifs is 3. The Labute approximate surface area is 148 Å². The number of hydrogen-bond acceptors (Lipinski definition) is 1. The first-order valence-electron chi connectivity index (χ1n) is 8.64. The molecule has 1 nitrogen and oxygen atoms in total. The van der Waals surface area contributed by atoms with Crippen molar-refractivity contribution in [1.82, 2.24) is 0 Å². The van der Waals surface area contributed by atoms with E-state index in [1.807, 2.05) is 24.1 Å². The fraction of sp³-hybridized carbons (Fsp3) is 0.217. The summed E-state index contributed by atoms with van der Waals surface area (Å²) in [6.45, 7) is 6.67. The number of rotatable bonds is 2. The van der Waals surface area contributed by atoms with Crippen LogP contribution in [0.15, 0.2) is 60.7 Å². The van der Waals surface area contributed by atoms with Crippen molar-refractivity contribution in [1.29, 1.82) is 0 Å². The molecular weight excluding hydrogens is 309 g/mol. The molecule has 0 saturated heterocycles. The lowest BCUT2D eigenvalue weighted by molar-refractivity contribution is 0.627. The highest BCUT2D eigenvalue weighted by Crippen LogP contribution is 2.50. The number of nitrogens with zero attached hydrogens (tertiary/aromatic N) is 1. The highest BCUT2D eigenvalue weighted by molar-refractivity contribution is 5.83. The van der Waals surface area contributed by atoms with Crippen LogP contribution in [0.3, 0.4) is 0 Å². The van der Waals surface area contributed by atoms with Crippen LogP contribution in [0.5, 0.6) is 0 Å². The molecular formula is C23H22FN. The largest absolute Gasteiger partial charge is 0.342 e. The average Bonchev–Trinajstić information content (AvgIpc) is 2.82. The van der Waals surface area contributed by atoms with Crippen molar-refractivity contribution in [3.05, 3.63) is 83.2 Å². The molecule has 0 aromatic heterocycles. The topological polar surface area (TPSA) is 3.24 Å². The lowest BCUT2D eigenvalue weighted by Gasteiger charge is -2.25. The molecule has 4 rings (SSSR count). The van der Waals surface area contributed by atoms with E-state index in [9.17, 15) is 4.39 Å². The Morgan fingerprint density at radius 2 is 1.48 bits per heavy atom. The second-order valence-corrected chi connectivity index (χ2v) is 7.41. The summed E-state index contributed by atoms with van der Waals surface area (Å²) >= 11 is 0. The van der Waals surface area contributed by atoms with E-state index in [-0.39, 0.29) is 11.2 Å². The van der Waals surface area contributed by atoms with Gasteiger partial charge in [0.15, 0.2) is 0 Å². The average molecular weight is 331 g/mol. The first-order valence-corrected chi connectivity index (χ1v) is 8.64. The van der Waals surface area contributed by atoms with Gasteiger partial charge in [0.25, 0.3) is 0 Å². The maximum Gasteiger partial charge on any atom is 0.146 e. The molecule has 0 atom stereocenters. The highest BCUT2D eigenvalue weighted by Gasteiger charge is 2.35. The number of anilines is 2. The van der Waals surface area contributed by atoms with E-state index < -0.39 is 0 Å². The van der Waals surface area contributed by atoms with Gasteiger partial charge in [-0.05, 0) is 53.4 Å². The van der Waals surface area contributed by atoms with Gasteiger partial charge in [-0.2, -0.15) is 0 Å². The lowest BCUT2D eigenvalue weighted by atomic mass is 9.82. The minimum Gasteiger partial charge on any atom is -0.342 e. The normalized spacial score (nSPS) is 14.1. The summed E-state index contributed by atoms with van der Waals surface area (Å²) in [5, 5.41) is 0. The molecule has 0 bridgehead atoms. The number of aryl methyl sites for hydroxylation is 1. The van der Waals surface area contributed by atoms with Crippen LogP contribution in [0.4, 0.5) is 15.8 Å². The number of benzene rings is 3. The third-order valence-corrected chi connectivity index (χ3v) is 5.42. The summed E-state index contributed by atoms with van der Waals surface area (Å²) < 4.78 is 14.2. The Kier molecular flexibility index (Phi) is 3.47. The van der Waals surface area contributed by atoms with Crippen LogP contribution in [0.25, 0.3) is 11.1 Å². The van der Waals surface area contributed by atoms with Crippen molar-refractivity contribution < 1.29 is 4.39 Å². The van der Waals surface area contributed by atoms with Crippen molar-refractivity contribution >= 4 is 11.4 Å². The lowest BCUT2D eigenvalue weighted by Crippen LogP contribution is -2.17. The minimum atomic E-state index is -0.205. The maximum atomic E-state index is 14.2. The molecule has 1 aliphatic carbocycles. The molecule has 1 aliphatic rings. The predicted molar refractivity (Wildman–Crippen MR) is 103 cm³/mol. The summed E-state index contributed by atoms with van der Waals surface area (Å²) in [5.41, 5.74) is 8.08. The fourth-order valence-corrected chi connectivity index (χ4v) is 3.91. The second-order valence-electron chi connectivity index (χ2n) is 7.41. The molecule has 2 heteroatoms. The van der Waals surface area contributed by atoms with Gasteiger partial charge in [0.05, 0.1) is 5.69 Å². The third kappa shape index (κ3) is 2.36. The van der Waals surface area contributed by atoms with Crippen LogP contribution in [0, 0.1) is 12.7 Å². The molecule has 0 spiro atoms. The molecule has 3 aromatic rings. The molecule has 0 aliphatic heterocycles. The van der Waals surface area contributed by atoms with Gasteiger partial charge in [0.1, 0.15) is 5.82 Å². The highest BCUT2D eigenvalue weighted by atomic mass is 19.1. The Hall–Kier alpha value is -2.61. The number of hydrogen-bond donors (Lipinski definition) is 0. The van der Waals surface area contributed by atoms with Crippen molar-refractivity contribution in [2.75, 3.05) is 11.9 Å². The summed E-state index contributed by atoms with van der Waals surface area (Å²) in [6.07, 6.45) is 0. The van der Waals surface area contributed by atoms with Crippen LogP contribution in [-0.2, 0) is 5.41 Å². The van der Waals surface area contributed by atoms with Gasteiger partial charge in [0.2, 0.25) is 0 Å².